The Morgan fingerprint density at radius 2 is 2.16 bits per heavy atom. The van der Waals surface area contributed by atoms with E-state index < -0.39 is 0 Å². The second-order valence-corrected chi connectivity index (χ2v) is 5.40. The SMILES string of the molecule is CCN(C(=O)Cc1cccs1)c1cc(O)ccc1C. The second kappa shape index (κ2) is 5.89. The van der Waals surface area contributed by atoms with Gasteiger partial charge in [-0.3, -0.25) is 4.79 Å². The molecule has 1 N–H and O–H groups in total. The van der Waals surface area contributed by atoms with Crippen LogP contribution in [0.1, 0.15) is 17.4 Å². The lowest BCUT2D eigenvalue weighted by atomic mass is 10.1. The van der Waals surface area contributed by atoms with Crippen LogP contribution >= 0.6 is 11.3 Å². The van der Waals surface area contributed by atoms with E-state index in [2.05, 4.69) is 0 Å². The van der Waals surface area contributed by atoms with E-state index in [0.29, 0.717) is 13.0 Å². The number of aromatic hydroxyl groups is 1. The summed E-state index contributed by atoms with van der Waals surface area (Å²) in [5, 5.41) is 11.6. The second-order valence-electron chi connectivity index (χ2n) is 4.36. The van der Waals surface area contributed by atoms with Crippen molar-refractivity contribution in [1.29, 1.82) is 0 Å². The van der Waals surface area contributed by atoms with Crippen LogP contribution in [-0.2, 0) is 11.2 Å². The Bertz CT molecular complexity index is 564. The Balaban J connectivity index is 2.24. The predicted octanol–water partition coefficient (Wildman–Crippen LogP) is 3.36. The van der Waals surface area contributed by atoms with Gasteiger partial charge >= 0.3 is 0 Å². The first-order valence-electron chi connectivity index (χ1n) is 6.24. The highest BCUT2D eigenvalue weighted by atomic mass is 32.1. The van der Waals surface area contributed by atoms with E-state index in [9.17, 15) is 9.90 Å². The van der Waals surface area contributed by atoms with Crippen molar-refractivity contribution in [1.82, 2.24) is 0 Å². The van der Waals surface area contributed by atoms with Crippen LogP contribution in [0.3, 0.4) is 0 Å². The number of carbonyl (C=O) groups is 1. The van der Waals surface area contributed by atoms with Gasteiger partial charge in [-0.2, -0.15) is 0 Å². The van der Waals surface area contributed by atoms with Gasteiger partial charge in [-0.15, -0.1) is 11.3 Å². The molecule has 2 rings (SSSR count). The first-order chi connectivity index (χ1) is 9.11. The molecular formula is C15H17NO2S. The Labute approximate surface area is 117 Å². The van der Waals surface area contributed by atoms with Crippen LogP contribution in [0.15, 0.2) is 35.7 Å². The topological polar surface area (TPSA) is 40.5 Å². The predicted molar refractivity (Wildman–Crippen MR) is 78.9 cm³/mol. The molecule has 0 saturated heterocycles. The van der Waals surface area contributed by atoms with Gasteiger partial charge in [0, 0.05) is 17.5 Å². The summed E-state index contributed by atoms with van der Waals surface area (Å²) in [6, 6.07) is 9.02. The Hall–Kier alpha value is -1.81. The van der Waals surface area contributed by atoms with Crippen molar-refractivity contribution in [3.05, 3.63) is 46.2 Å². The van der Waals surface area contributed by atoms with Crippen LogP contribution in [0.5, 0.6) is 5.75 Å². The van der Waals surface area contributed by atoms with Crippen molar-refractivity contribution in [3.63, 3.8) is 0 Å². The number of benzene rings is 1. The van der Waals surface area contributed by atoms with Gasteiger partial charge in [0.15, 0.2) is 0 Å². The van der Waals surface area contributed by atoms with Gasteiger partial charge in [0.2, 0.25) is 5.91 Å². The van der Waals surface area contributed by atoms with Crippen LogP contribution in [0, 0.1) is 6.92 Å². The highest BCUT2D eigenvalue weighted by Gasteiger charge is 2.17. The molecule has 4 heteroatoms. The van der Waals surface area contributed by atoms with Crippen molar-refractivity contribution in [3.8, 4) is 5.75 Å². The fourth-order valence-electron chi connectivity index (χ4n) is 2.03. The summed E-state index contributed by atoms with van der Waals surface area (Å²) in [4.78, 5) is 15.1. The summed E-state index contributed by atoms with van der Waals surface area (Å²) >= 11 is 1.58. The molecule has 100 valence electrons. The lowest BCUT2D eigenvalue weighted by molar-refractivity contribution is -0.117. The van der Waals surface area contributed by atoms with E-state index in [4.69, 9.17) is 0 Å². The Kier molecular flexibility index (Phi) is 4.22. The van der Waals surface area contributed by atoms with Gasteiger partial charge in [0.1, 0.15) is 5.75 Å². The Morgan fingerprint density at radius 3 is 2.79 bits per heavy atom. The quantitative estimate of drug-likeness (QED) is 0.929. The van der Waals surface area contributed by atoms with Crippen molar-refractivity contribution in [2.45, 2.75) is 20.3 Å². The number of hydrogen-bond donors (Lipinski definition) is 1. The molecule has 2 aromatic rings. The number of phenolic OH excluding ortho intramolecular Hbond substituents is 1. The molecule has 0 radical (unpaired) electrons. The molecule has 0 bridgehead atoms. The number of hydrogen-bond acceptors (Lipinski definition) is 3. The molecule has 0 fully saturated rings. The monoisotopic (exact) mass is 275 g/mol. The molecular weight excluding hydrogens is 258 g/mol. The molecule has 3 nitrogen and oxygen atoms in total. The van der Waals surface area contributed by atoms with Crippen molar-refractivity contribution >= 4 is 22.9 Å². The van der Waals surface area contributed by atoms with Gasteiger partial charge in [-0.25, -0.2) is 0 Å². The number of nitrogens with zero attached hydrogens (tertiary/aromatic N) is 1. The van der Waals surface area contributed by atoms with E-state index in [0.717, 1.165) is 16.1 Å². The minimum atomic E-state index is 0.0543. The van der Waals surface area contributed by atoms with Crippen molar-refractivity contribution in [2.24, 2.45) is 0 Å². The standard InChI is InChI=1S/C15H17NO2S/c1-3-16(14-9-12(17)7-6-11(14)2)15(18)10-13-5-4-8-19-13/h4-9,17H,3,10H2,1-2H3. The number of rotatable bonds is 4. The zero-order chi connectivity index (χ0) is 13.8. The smallest absolute Gasteiger partial charge is 0.232 e. The molecule has 0 unspecified atom stereocenters. The van der Waals surface area contributed by atoms with Gasteiger partial charge in [0.05, 0.1) is 12.1 Å². The average molecular weight is 275 g/mol. The largest absolute Gasteiger partial charge is 0.508 e. The molecule has 0 aliphatic heterocycles. The number of amides is 1. The summed E-state index contributed by atoms with van der Waals surface area (Å²) in [6.07, 6.45) is 0.403. The molecule has 0 saturated carbocycles. The van der Waals surface area contributed by atoms with E-state index in [1.54, 1.807) is 28.4 Å². The van der Waals surface area contributed by atoms with Gasteiger partial charge in [-0.05, 0) is 36.9 Å². The molecule has 1 aromatic carbocycles. The minimum absolute atomic E-state index is 0.0543. The minimum Gasteiger partial charge on any atom is -0.508 e. The van der Waals surface area contributed by atoms with Crippen molar-refractivity contribution in [2.75, 3.05) is 11.4 Å². The van der Waals surface area contributed by atoms with E-state index >= 15 is 0 Å². The molecule has 1 aromatic heterocycles. The van der Waals surface area contributed by atoms with E-state index in [1.165, 1.54) is 0 Å². The zero-order valence-corrected chi connectivity index (χ0v) is 11.9. The number of carbonyl (C=O) groups excluding carboxylic acids is 1. The van der Waals surface area contributed by atoms with Crippen LogP contribution in [0.4, 0.5) is 5.69 Å². The summed E-state index contributed by atoms with van der Waals surface area (Å²) in [5.41, 5.74) is 1.77. The maximum absolute atomic E-state index is 12.4. The third-order valence-corrected chi connectivity index (χ3v) is 3.88. The first kappa shape index (κ1) is 13.6. The van der Waals surface area contributed by atoms with Gasteiger partial charge in [-0.1, -0.05) is 12.1 Å². The molecule has 0 aliphatic rings. The number of aryl methyl sites for hydroxylation is 1. The summed E-state index contributed by atoms with van der Waals surface area (Å²) in [5.74, 6) is 0.238. The average Bonchev–Trinajstić information content (AvgIpc) is 2.87. The van der Waals surface area contributed by atoms with E-state index in [1.807, 2.05) is 37.4 Å². The fourth-order valence-corrected chi connectivity index (χ4v) is 2.72. The maximum atomic E-state index is 12.4. The zero-order valence-electron chi connectivity index (χ0n) is 11.1. The first-order valence-corrected chi connectivity index (χ1v) is 7.12. The van der Waals surface area contributed by atoms with Gasteiger partial charge in [0.25, 0.3) is 0 Å². The Morgan fingerprint density at radius 1 is 1.37 bits per heavy atom. The van der Waals surface area contributed by atoms with Crippen LogP contribution in [-0.4, -0.2) is 17.6 Å². The fraction of sp³-hybridized carbons (Fsp3) is 0.267. The lowest BCUT2D eigenvalue weighted by Gasteiger charge is -2.23. The van der Waals surface area contributed by atoms with Crippen LogP contribution in [0.25, 0.3) is 0 Å². The molecule has 0 aliphatic carbocycles. The lowest BCUT2D eigenvalue weighted by Crippen LogP contribution is -2.32. The van der Waals surface area contributed by atoms with E-state index in [-0.39, 0.29) is 11.7 Å². The molecule has 19 heavy (non-hydrogen) atoms. The number of phenols is 1. The number of likely N-dealkylation sites (N-methyl/N-ethyl adjacent to an activating group) is 1. The summed E-state index contributed by atoms with van der Waals surface area (Å²) in [7, 11) is 0. The highest BCUT2D eigenvalue weighted by Crippen LogP contribution is 2.25. The maximum Gasteiger partial charge on any atom is 0.232 e. The normalized spacial score (nSPS) is 10.4. The summed E-state index contributed by atoms with van der Waals surface area (Å²) < 4.78 is 0. The summed E-state index contributed by atoms with van der Waals surface area (Å²) in [6.45, 7) is 4.47. The number of thiophene rings is 1. The molecule has 0 atom stereocenters. The van der Waals surface area contributed by atoms with Gasteiger partial charge < -0.3 is 10.0 Å². The number of anilines is 1. The highest BCUT2D eigenvalue weighted by molar-refractivity contribution is 7.10. The van der Waals surface area contributed by atoms with Crippen molar-refractivity contribution < 1.29 is 9.90 Å². The van der Waals surface area contributed by atoms with Crippen LogP contribution < -0.4 is 4.90 Å². The molecule has 0 spiro atoms. The third-order valence-electron chi connectivity index (χ3n) is 3.01. The molecule has 1 amide bonds. The van der Waals surface area contributed by atoms with Crippen LogP contribution in [0.2, 0.25) is 0 Å². The molecule has 1 heterocycles. The third kappa shape index (κ3) is 3.15.